The average Bonchev–Trinajstić information content (AvgIpc) is 2.62. The summed E-state index contributed by atoms with van der Waals surface area (Å²) in [6.45, 7) is 3.08. The van der Waals surface area contributed by atoms with E-state index in [4.69, 9.17) is 11.1 Å². The molecule has 1 aliphatic carbocycles. The number of hydrogen-bond donors (Lipinski definition) is 2. The van der Waals surface area contributed by atoms with Gasteiger partial charge < -0.3 is 15.7 Å². The minimum atomic E-state index is 0. The monoisotopic (exact) mass is 407 g/mol. The Hall–Kier alpha value is -2.59. The predicted octanol–water partition coefficient (Wildman–Crippen LogP) is 5.46. The standard InChI is InChI=1S/C22H21N3.BrH/c1-2-12-25-21-14-17(24)9-11-19(21)18-10-8-16(23)13-20(18)22(25)15-6-4-3-5-7-15;/h3-11,13-14,24H,2,12,23H2,1H3;1H. The Morgan fingerprint density at radius 3 is 2.42 bits per heavy atom. The van der Waals surface area contributed by atoms with Gasteiger partial charge in [0.05, 0.1) is 16.7 Å². The molecule has 0 saturated carbocycles. The zero-order chi connectivity index (χ0) is 17.4. The zero-order valence-corrected chi connectivity index (χ0v) is 16.4. The van der Waals surface area contributed by atoms with Crippen LogP contribution in [-0.2, 0) is 6.54 Å². The number of aromatic nitrogens is 1. The largest absolute Gasteiger partial charge is 0.399 e. The molecule has 1 heterocycles. The van der Waals surface area contributed by atoms with Crippen LogP contribution >= 0.6 is 17.0 Å². The van der Waals surface area contributed by atoms with Crippen molar-refractivity contribution < 1.29 is 0 Å². The van der Waals surface area contributed by atoms with Gasteiger partial charge in [0.25, 0.3) is 0 Å². The number of halogens is 1. The third-order valence-corrected chi connectivity index (χ3v) is 4.64. The fourth-order valence-electron chi connectivity index (χ4n) is 3.60. The lowest BCUT2D eigenvalue weighted by Crippen LogP contribution is -2.12. The molecule has 2 aliphatic rings. The van der Waals surface area contributed by atoms with Crippen LogP contribution in [0.15, 0.2) is 66.7 Å². The highest BCUT2D eigenvalue weighted by Crippen LogP contribution is 2.39. The lowest BCUT2D eigenvalue weighted by atomic mass is 9.95. The van der Waals surface area contributed by atoms with Gasteiger partial charge in [0.15, 0.2) is 0 Å². The highest BCUT2D eigenvalue weighted by molar-refractivity contribution is 8.93. The van der Waals surface area contributed by atoms with Crippen LogP contribution in [-0.4, -0.2) is 4.57 Å². The SMILES string of the molecule is Br.CCCn1c2cc(=N)ccc-2c2ccc(N)cc2c1-c1ccccc1. The van der Waals surface area contributed by atoms with Gasteiger partial charge in [-0.2, -0.15) is 0 Å². The van der Waals surface area contributed by atoms with Crippen molar-refractivity contribution in [3.05, 3.63) is 72.1 Å². The summed E-state index contributed by atoms with van der Waals surface area (Å²) in [7, 11) is 0. The Bertz CT molecular complexity index is 1080. The van der Waals surface area contributed by atoms with Crippen LogP contribution in [0.3, 0.4) is 0 Å². The van der Waals surface area contributed by atoms with Gasteiger partial charge in [0.1, 0.15) is 0 Å². The normalized spacial score (nSPS) is 10.8. The van der Waals surface area contributed by atoms with Crippen molar-refractivity contribution in [2.75, 3.05) is 5.73 Å². The Morgan fingerprint density at radius 1 is 0.923 bits per heavy atom. The molecule has 0 atom stereocenters. The number of benzene rings is 3. The van der Waals surface area contributed by atoms with Crippen molar-refractivity contribution >= 4 is 33.4 Å². The Morgan fingerprint density at radius 2 is 1.69 bits per heavy atom. The van der Waals surface area contributed by atoms with Crippen LogP contribution in [0.2, 0.25) is 0 Å². The van der Waals surface area contributed by atoms with Crippen LogP contribution in [0.1, 0.15) is 13.3 Å². The summed E-state index contributed by atoms with van der Waals surface area (Å²) >= 11 is 0. The molecular weight excluding hydrogens is 386 g/mol. The highest BCUT2D eigenvalue weighted by atomic mass is 79.9. The zero-order valence-electron chi connectivity index (χ0n) is 14.7. The summed E-state index contributed by atoms with van der Waals surface area (Å²) in [6, 6.07) is 22.4. The van der Waals surface area contributed by atoms with E-state index in [9.17, 15) is 0 Å². The van der Waals surface area contributed by atoms with Crippen molar-refractivity contribution in [3.63, 3.8) is 0 Å². The Kier molecular flexibility index (Phi) is 5.14. The summed E-state index contributed by atoms with van der Waals surface area (Å²) in [4.78, 5) is 0. The van der Waals surface area contributed by atoms with E-state index in [0.717, 1.165) is 29.7 Å². The number of nitrogens with two attached hydrogens (primary N) is 1. The van der Waals surface area contributed by atoms with Gasteiger partial charge in [0.2, 0.25) is 0 Å². The van der Waals surface area contributed by atoms with E-state index in [-0.39, 0.29) is 17.0 Å². The topological polar surface area (TPSA) is 54.8 Å². The quantitative estimate of drug-likeness (QED) is 0.343. The number of hydrogen-bond acceptors (Lipinski definition) is 2. The molecular formula is C22H22BrN3. The molecule has 3 N–H and O–H groups in total. The van der Waals surface area contributed by atoms with Crippen LogP contribution in [0.4, 0.5) is 5.69 Å². The van der Waals surface area contributed by atoms with Crippen molar-refractivity contribution in [2.24, 2.45) is 0 Å². The maximum atomic E-state index is 8.09. The summed E-state index contributed by atoms with van der Waals surface area (Å²) in [5.41, 5.74) is 11.5. The molecule has 0 saturated heterocycles. The molecule has 0 fully saturated rings. The van der Waals surface area contributed by atoms with E-state index in [1.54, 1.807) is 0 Å². The molecule has 2 aromatic carbocycles. The fourth-order valence-corrected chi connectivity index (χ4v) is 3.60. The first-order chi connectivity index (χ1) is 12.2. The number of nitrogens with zero attached hydrogens (tertiary/aromatic N) is 1. The molecule has 0 spiro atoms. The molecule has 132 valence electrons. The molecule has 0 amide bonds. The number of fused-ring (bicyclic) bond motifs is 3. The van der Waals surface area contributed by atoms with E-state index < -0.39 is 0 Å². The minimum Gasteiger partial charge on any atom is -0.399 e. The summed E-state index contributed by atoms with van der Waals surface area (Å²) in [5, 5.41) is 11.0. The van der Waals surface area contributed by atoms with Crippen molar-refractivity contribution in [2.45, 2.75) is 19.9 Å². The maximum absolute atomic E-state index is 8.09. The van der Waals surface area contributed by atoms with Crippen LogP contribution in [0.25, 0.3) is 33.3 Å². The van der Waals surface area contributed by atoms with Crippen LogP contribution in [0, 0.1) is 5.41 Å². The van der Waals surface area contributed by atoms with Crippen molar-refractivity contribution in [1.82, 2.24) is 4.57 Å². The van der Waals surface area contributed by atoms with E-state index in [0.29, 0.717) is 5.36 Å². The van der Waals surface area contributed by atoms with Gasteiger partial charge >= 0.3 is 0 Å². The molecule has 4 rings (SSSR count). The second-order valence-electron chi connectivity index (χ2n) is 6.40. The summed E-state index contributed by atoms with van der Waals surface area (Å²) < 4.78 is 2.34. The number of rotatable bonds is 3. The Balaban J connectivity index is 0.00000196. The molecule has 4 heteroatoms. The molecule has 3 nitrogen and oxygen atoms in total. The van der Waals surface area contributed by atoms with Gasteiger partial charge in [0, 0.05) is 23.2 Å². The number of nitrogen functional groups attached to an aromatic ring is 1. The number of anilines is 1. The molecule has 0 bridgehead atoms. The van der Waals surface area contributed by atoms with E-state index in [1.165, 1.54) is 22.2 Å². The lowest BCUT2D eigenvalue weighted by Gasteiger charge is -2.24. The highest BCUT2D eigenvalue weighted by Gasteiger charge is 2.18. The Labute approximate surface area is 163 Å². The molecule has 2 aromatic rings. The van der Waals surface area contributed by atoms with Crippen molar-refractivity contribution in [3.8, 4) is 22.5 Å². The number of pyridine rings is 1. The first-order valence-corrected chi connectivity index (χ1v) is 8.65. The molecule has 0 radical (unpaired) electrons. The first kappa shape index (κ1) is 18.2. The second kappa shape index (κ2) is 7.34. The van der Waals surface area contributed by atoms with Gasteiger partial charge in [-0.05, 0) is 41.6 Å². The minimum absolute atomic E-state index is 0. The average molecular weight is 408 g/mol. The molecule has 0 aromatic heterocycles. The van der Waals surface area contributed by atoms with E-state index in [2.05, 4.69) is 54.0 Å². The van der Waals surface area contributed by atoms with Gasteiger partial charge in [-0.1, -0.05) is 49.4 Å². The summed E-state index contributed by atoms with van der Waals surface area (Å²) in [5.74, 6) is 0. The number of nitrogens with one attached hydrogen (secondary N) is 1. The van der Waals surface area contributed by atoms with Gasteiger partial charge in [-0.15, -0.1) is 17.0 Å². The van der Waals surface area contributed by atoms with Crippen LogP contribution in [0.5, 0.6) is 0 Å². The van der Waals surface area contributed by atoms with E-state index in [1.807, 2.05) is 24.3 Å². The lowest BCUT2D eigenvalue weighted by molar-refractivity contribution is 0.690. The third kappa shape index (κ3) is 3.01. The first-order valence-electron chi connectivity index (χ1n) is 8.65. The van der Waals surface area contributed by atoms with Crippen LogP contribution < -0.4 is 11.1 Å². The van der Waals surface area contributed by atoms with Gasteiger partial charge in [-0.25, -0.2) is 0 Å². The molecule has 0 unspecified atom stereocenters. The summed E-state index contributed by atoms with van der Waals surface area (Å²) in [6.07, 6.45) is 1.02. The smallest absolute Gasteiger partial charge is 0.0565 e. The molecule has 26 heavy (non-hydrogen) atoms. The predicted molar refractivity (Wildman–Crippen MR) is 115 cm³/mol. The maximum Gasteiger partial charge on any atom is 0.0565 e. The van der Waals surface area contributed by atoms with Gasteiger partial charge in [-0.3, -0.25) is 0 Å². The fraction of sp³-hybridized carbons (Fsp3) is 0.136. The second-order valence-corrected chi connectivity index (χ2v) is 6.40. The van der Waals surface area contributed by atoms with Crippen molar-refractivity contribution in [1.29, 1.82) is 5.41 Å². The third-order valence-electron chi connectivity index (χ3n) is 4.64. The van der Waals surface area contributed by atoms with E-state index >= 15 is 0 Å². The molecule has 1 aliphatic heterocycles.